The van der Waals surface area contributed by atoms with Crippen LogP contribution in [0.4, 0.5) is 23.0 Å². The van der Waals surface area contributed by atoms with Gasteiger partial charge in [-0.05, 0) is 48.1 Å². The Hall–Kier alpha value is -3.13. The van der Waals surface area contributed by atoms with Gasteiger partial charge in [0.1, 0.15) is 12.0 Å². The van der Waals surface area contributed by atoms with Crippen molar-refractivity contribution in [2.45, 2.75) is 20.3 Å². The molecule has 0 saturated heterocycles. The molecule has 0 spiro atoms. The number of aromatic nitrogens is 2. The van der Waals surface area contributed by atoms with Crippen molar-refractivity contribution in [1.29, 1.82) is 0 Å². The molecule has 0 saturated carbocycles. The molecule has 3 aromatic rings. The van der Waals surface area contributed by atoms with E-state index >= 15 is 0 Å². The molecule has 3 rings (SSSR count). The van der Waals surface area contributed by atoms with Gasteiger partial charge >= 0.3 is 5.97 Å². The Morgan fingerprint density at radius 3 is 2.62 bits per heavy atom. The zero-order valence-corrected chi connectivity index (χ0v) is 17.3. The molecular weight excluding hydrogens is 386 g/mol. The van der Waals surface area contributed by atoms with Crippen molar-refractivity contribution < 1.29 is 9.53 Å². The molecule has 29 heavy (non-hydrogen) atoms. The maximum atomic E-state index is 12.0. The number of nitrogens with zero attached hydrogens (tertiary/aromatic N) is 2. The molecule has 0 atom stereocenters. The molecular formula is C21H25N5O2S. The minimum Gasteiger partial charge on any atom is -0.462 e. The van der Waals surface area contributed by atoms with Crippen LogP contribution in [0.1, 0.15) is 29.1 Å². The Kier molecular flexibility index (Phi) is 7.02. The van der Waals surface area contributed by atoms with Crippen LogP contribution in [0, 0.1) is 5.92 Å². The summed E-state index contributed by atoms with van der Waals surface area (Å²) >= 11 is 1.73. The summed E-state index contributed by atoms with van der Waals surface area (Å²) in [5.41, 5.74) is 7.93. The summed E-state index contributed by atoms with van der Waals surface area (Å²) < 4.78 is 5.24. The molecule has 8 heteroatoms. The van der Waals surface area contributed by atoms with E-state index in [-0.39, 0.29) is 5.97 Å². The fraction of sp³-hybridized carbons (Fsp3) is 0.286. The highest BCUT2D eigenvalue weighted by Crippen LogP contribution is 2.26. The molecule has 0 aliphatic rings. The van der Waals surface area contributed by atoms with Crippen LogP contribution in [-0.2, 0) is 11.2 Å². The standard InChI is InChI=1S/C21H25N5O2S/c1-14(2)12-28-21(27)15-5-7-16(8-6-15)26-20-18(22)19(24-13-25-20)23-10-9-17-4-3-11-29-17/h3-8,11,13-14H,9-10,12,22H2,1-2H3,(H2,23,24,25,26). The molecule has 7 nitrogen and oxygen atoms in total. The van der Waals surface area contributed by atoms with Crippen LogP contribution in [0.5, 0.6) is 0 Å². The van der Waals surface area contributed by atoms with Crippen molar-refractivity contribution in [2.24, 2.45) is 5.92 Å². The second-order valence-electron chi connectivity index (χ2n) is 6.94. The number of carbonyl (C=O) groups excluding carboxylic acids is 1. The minimum absolute atomic E-state index is 0.300. The number of hydrogen-bond donors (Lipinski definition) is 3. The number of esters is 1. The molecule has 0 aliphatic heterocycles. The Balaban J connectivity index is 1.60. The summed E-state index contributed by atoms with van der Waals surface area (Å²) in [4.78, 5) is 21.8. The highest BCUT2D eigenvalue weighted by molar-refractivity contribution is 7.09. The second kappa shape index (κ2) is 9.88. The Morgan fingerprint density at radius 2 is 1.93 bits per heavy atom. The number of benzene rings is 1. The lowest BCUT2D eigenvalue weighted by atomic mass is 10.2. The molecule has 2 aromatic heterocycles. The first-order chi connectivity index (χ1) is 14.0. The predicted octanol–water partition coefficient (Wildman–Crippen LogP) is 4.33. The van der Waals surface area contributed by atoms with E-state index < -0.39 is 0 Å². The van der Waals surface area contributed by atoms with Crippen LogP contribution in [0.2, 0.25) is 0 Å². The van der Waals surface area contributed by atoms with Crippen LogP contribution in [-0.4, -0.2) is 29.1 Å². The van der Waals surface area contributed by atoms with Gasteiger partial charge in [0.25, 0.3) is 0 Å². The van der Waals surface area contributed by atoms with E-state index in [0.29, 0.717) is 35.4 Å². The molecule has 0 amide bonds. The largest absolute Gasteiger partial charge is 0.462 e. The number of anilines is 4. The molecule has 0 aliphatic carbocycles. The normalized spacial score (nSPS) is 10.7. The maximum Gasteiger partial charge on any atom is 0.338 e. The lowest BCUT2D eigenvalue weighted by Crippen LogP contribution is -2.11. The van der Waals surface area contributed by atoms with E-state index in [4.69, 9.17) is 10.5 Å². The zero-order chi connectivity index (χ0) is 20.6. The van der Waals surface area contributed by atoms with Crippen molar-refractivity contribution >= 4 is 40.3 Å². The molecule has 0 bridgehead atoms. The van der Waals surface area contributed by atoms with Gasteiger partial charge in [-0.3, -0.25) is 0 Å². The van der Waals surface area contributed by atoms with Gasteiger partial charge in [-0.15, -0.1) is 11.3 Å². The molecule has 4 N–H and O–H groups in total. The summed E-state index contributed by atoms with van der Waals surface area (Å²) in [6, 6.07) is 11.1. The SMILES string of the molecule is CC(C)COC(=O)c1ccc(Nc2ncnc(NCCc3cccs3)c2N)cc1. The van der Waals surface area contributed by atoms with Crippen LogP contribution in [0.3, 0.4) is 0 Å². The van der Waals surface area contributed by atoms with E-state index in [9.17, 15) is 4.79 Å². The Labute approximate surface area is 174 Å². The first-order valence-electron chi connectivity index (χ1n) is 9.44. The Bertz CT molecular complexity index is 927. The van der Waals surface area contributed by atoms with Gasteiger partial charge in [-0.25, -0.2) is 14.8 Å². The van der Waals surface area contributed by atoms with E-state index in [2.05, 4.69) is 32.0 Å². The van der Waals surface area contributed by atoms with Gasteiger partial charge in [-0.2, -0.15) is 0 Å². The topological polar surface area (TPSA) is 102 Å². The molecule has 1 aromatic carbocycles. The highest BCUT2D eigenvalue weighted by Gasteiger charge is 2.10. The van der Waals surface area contributed by atoms with Crippen molar-refractivity contribution in [3.8, 4) is 0 Å². The van der Waals surface area contributed by atoms with Crippen molar-refractivity contribution in [1.82, 2.24) is 9.97 Å². The highest BCUT2D eigenvalue weighted by atomic mass is 32.1. The van der Waals surface area contributed by atoms with Crippen LogP contribution in [0.25, 0.3) is 0 Å². The average molecular weight is 412 g/mol. The Morgan fingerprint density at radius 1 is 1.17 bits per heavy atom. The fourth-order valence-corrected chi connectivity index (χ4v) is 3.26. The summed E-state index contributed by atoms with van der Waals surface area (Å²) in [6.07, 6.45) is 2.36. The number of rotatable bonds is 9. The van der Waals surface area contributed by atoms with Crippen molar-refractivity contribution in [3.05, 3.63) is 58.5 Å². The number of nitrogens with one attached hydrogen (secondary N) is 2. The number of hydrogen-bond acceptors (Lipinski definition) is 8. The van der Waals surface area contributed by atoms with E-state index in [1.165, 1.54) is 11.2 Å². The van der Waals surface area contributed by atoms with Gasteiger partial charge in [0.2, 0.25) is 0 Å². The minimum atomic E-state index is -0.330. The van der Waals surface area contributed by atoms with Gasteiger partial charge in [0.15, 0.2) is 11.6 Å². The monoisotopic (exact) mass is 411 g/mol. The predicted molar refractivity (Wildman–Crippen MR) is 118 cm³/mol. The van der Waals surface area contributed by atoms with Crippen LogP contribution < -0.4 is 16.4 Å². The van der Waals surface area contributed by atoms with E-state index in [0.717, 1.165) is 18.7 Å². The maximum absolute atomic E-state index is 12.0. The van der Waals surface area contributed by atoms with Crippen molar-refractivity contribution in [3.63, 3.8) is 0 Å². The number of nitrogens with two attached hydrogens (primary N) is 1. The summed E-state index contributed by atoms with van der Waals surface area (Å²) in [5, 5.41) is 8.48. The molecule has 152 valence electrons. The van der Waals surface area contributed by atoms with Crippen LogP contribution >= 0.6 is 11.3 Å². The molecule has 0 radical (unpaired) electrons. The quantitative estimate of drug-likeness (QED) is 0.450. The van der Waals surface area contributed by atoms with E-state index in [1.807, 2.05) is 19.9 Å². The van der Waals surface area contributed by atoms with E-state index in [1.54, 1.807) is 35.6 Å². The van der Waals surface area contributed by atoms with Crippen LogP contribution in [0.15, 0.2) is 48.1 Å². The first-order valence-corrected chi connectivity index (χ1v) is 10.3. The smallest absolute Gasteiger partial charge is 0.338 e. The van der Waals surface area contributed by atoms with Gasteiger partial charge in [-0.1, -0.05) is 19.9 Å². The third kappa shape index (κ3) is 5.92. The summed E-state index contributed by atoms with van der Waals surface area (Å²) in [5.74, 6) is 1.07. The average Bonchev–Trinajstić information content (AvgIpc) is 3.23. The third-order valence-electron chi connectivity index (χ3n) is 4.06. The molecule has 0 unspecified atom stereocenters. The number of ether oxygens (including phenoxy) is 1. The number of thiophene rings is 1. The zero-order valence-electron chi connectivity index (χ0n) is 16.5. The van der Waals surface area contributed by atoms with Gasteiger partial charge < -0.3 is 21.1 Å². The third-order valence-corrected chi connectivity index (χ3v) is 5.00. The summed E-state index contributed by atoms with van der Waals surface area (Å²) in [6.45, 7) is 5.13. The number of carbonyl (C=O) groups is 1. The number of nitrogen functional groups attached to an aromatic ring is 1. The lowest BCUT2D eigenvalue weighted by Gasteiger charge is -2.13. The van der Waals surface area contributed by atoms with Gasteiger partial charge in [0.05, 0.1) is 12.2 Å². The fourth-order valence-electron chi connectivity index (χ4n) is 2.55. The summed E-state index contributed by atoms with van der Waals surface area (Å²) in [7, 11) is 0. The second-order valence-corrected chi connectivity index (χ2v) is 7.97. The lowest BCUT2D eigenvalue weighted by molar-refractivity contribution is 0.0459. The van der Waals surface area contributed by atoms with Gasteiger partial charge in [0, 0.05) is 17.1 Å². The molecule has 0 fully saturated rings. The molecule has 2 heterocycles. The first kappa shape index (κ1) is 20.6. The van der Waals surface area contributed by atoms with Crippen molar-refractivity contribution in [2.75, 3.05) is 29.5 Å².